The molecule has 8 nitrogen and oxygen atoms in total. The van der Waals surface area contributed by atoms with Crippen LogP contribution in [0.4, 0.5) is 18.3 Å². The van der Waals surface area contributed by atoms with E-state index in [0.29, 0.717) is 68.2 Å². The van der Waals surface area contributed by atoms with Crippen molar-refractivity contribution in [2.24, 2.45) is 17.8 Å². The van der Waals surface area contributed by atoms with Gasteiger partial charge in [0, 0.05) is 89.0 Å². The molecule has 5 aromatic rings. The summed E-state index contributed by atoms with van der Waals surface area (Å²) in [7, 11) is 0. The Morgan fingerprint density at radius 2 is 1.91 bits per heavy atom. The van der Waals surface area contributed by atoms with E-state index in [4.69, 9.17) is 28.2 Å². The number of piperidine rings is 1. The maximum atomic E-state index is 17.3. The second-order valence-electron chi connectivity index (χ2n) is 16.6. The summed E-state index contributed by atoms with van der Waals surface area (Å²) in [6.07, 6.45) is 4.04. The number of hydrogen-bond acceptors (Lipinski definition) is 7. The summed E-state index contributed by atoms with van der Waals surface area (Å²) >= 11 is 14.4. The van der Waals surface area contributed by atoms with Crippen LogP contribution in [0.25, 0.3) is 32.9 Å². The molecule has 2 saturated carbocycles. The molecule has 4 bridgehead atoms. The quantitative estimate of drug-likeness (QED) is 0.168. The first-order valence-electron chi connectivity index (χ1n) is 19.5. The number of fused-ring (bicyclic) bond motifs is 6. The Morgan fingerprint density at radius 1 is 1.11 bits per heavy atom. The Balaban J connectivity index is 1.19. The number of pyridine rings is 1. The molecule has 6 atom stereocenters. The number of carbonyl (C=O) groups excluding carboxylic acids is 1. The average molecular weight is 819 g/mol. The highest BCUT2D eigenvalue weighted by Gasteiger charge is 2.55. The van der Waals surface area contributed by atoms with Crippen molar-refractivity contribution in [2.75, 3.05) is 24.5 Å². The Hall–Kier alpha value is -3.89. The second-order valence-corrected chi connectivity index (χ2v) is 18.6. The van der Waals surface area contributed by atoms with Gasteiger partial charge in [-0.15, -0.1) is 11.3 Å². The molecule has 4 aliphatic heterocycles. The molecular formula is C42H40Cl2F3N7OS. The maximum absolute atomic E-state index is 17.3. The molecule has 6 fully saturated rings. The molecule has 6 aliphatic rings. The van der Waals surface area contributed by atoms with Crippen molar-refractivity contribution >= 4 is 67.4 Å². The first kappa shape index (κ1) is 36.5. The fourth-order valence-electron chi connectivity index (χ4n) is 10.4. The van der Waals surface area contributed by atoms with Crippen LogP contribution in [0.2, 0.25) is 10.0 Å². The van der Waals surface area contributed by atoms with Crippen LogP contribution in [-0.4, -0.2) is 57.1 Å². The summed E-state index contributed by atoms with van der Waals surface area (Å²) < 4.78 is 48.8. The van der Waals surface area contributed by atoms with Crippen LogP contribution in [-0.2, 0) is 17.1 Å². The van der Waals surface area contributed by atoms with Crippen molar-refractivity contribution in [1.82, 2.24) is 24.8 Å². The van der Waals surface area contributed by atoms with Crippen molar-refractivity contribution in [3.8, 4) is 17.2 Å². The third-order valence-corrected chi connectivity index (χ3v) is 14.8. The van der Waals surface area contributed by atoms with E-state index in [0.717, 1.165) is 55.7 Å². The SMILES string of the molecule is Cc1sc(N2CC3CC(C2)N(C(=O)C2CC2)C3c2cc3c(C)nc4c(F)c(-c5cccc(Cl)c5Cl)c(CCC#N)cc4c3n2C2C3CNC2C3)nc1C(C)(F)F. The normalized spacial score (nSPS) is 25.7. The number of halogens is 5. The minimum Gasteiger partial charge on any atom is -0.346 e. The maximum Gasteiger partial charge on any atom is 0.288 e. The summed E-state index contributed by atoms with van der Waals surface area (Å²) in [6.45, 7) is 6.46. The Bertz CT molecular complexity index is 2510. The molecule has 290 valence electrons. The zero-order valence-corrected chi connectivity index (χ0v) is 33.5. The number of hydrogen-bond donors (Lipinski definition) is 1. The number of aryl methyl sites for hydroxylation is 3. The minimum atomic E-state index is -3.05. The fourth-order valence-corrected chi connectivity index (χ4v) is 11.8. The lowest BCUT2D eigenvalue weighted by molar-refractivity contribution is -0.135. The van der Waals surface area contributed by atoms with Gasteiger partial charge in [0.05, 0.1) is 39.8 Å². The molecule has 0 spiro atoms. The highest BCUT2D eigenvalue weighted by Crippen LogP contribution is 2.54. The van der Waals surface area contributed by atoms with E-state index in [2.05, 4.69) is 36.8 Å². The van der Waals surface area contributed by atoms with Gasteiger partial charge in [0.2, 0.25) is 5.91 Å². The van der Waals surface area contributed by atoms with Gasteiger partial charge < -0.3 is 19.7 Å². The highest BCUT2D eigenvalue weighted by molar-refractivity contribution is 7.15. The van der Waals surface area contributed by atoms with Gasteiger partial charge in [-0.05, 0) is 75.6 Å². The monoisotopic (exact) mass is 817 g/mol. The lowest BCUT2D eigenvalue weighted by atomic mass is 9.79. The number of nitrogens with zero attached hydrogens (tertiary/aromatic N) is 6. The van der Waals surface area contributed by atoms with E-state index < -0.39 is 11.7 Å². The largest absolute Gasteiger partial charge is 0.346 e. The van der Waals surface area contributed by atoms with Crippen molar-refractivity contribution in [3.05, 3.63) is 73.7 Å². The average Bonchev–Trinajstić information content (AvgIpc) is 3.47. The fraction of sp³-hybridized carbons (Fsp3) is 0.476. The molecule has 1 N–H and O–H groups in total. The summed E-state index contributed by atoms with van der Waals surface area (Å²) in [5, 5.41) is 16.0. The number of likely N-dealkylation sites (tertiary alicyclic amines) is 1. The van der Waals surface area contributed by atoms with Gasteiger partial charge in [0.1, 0.15) is 11.2 Å². The van der Waals surface area contributed by atoms with Crippen molar-refractivity contribution < 1.29 is 18.0 Å². The van der Waals surface area contributed by atoms with Crippen molar-refractivity contribution in [3.63, 3.8) is 0 Å². The molecule has 2 aromatic carbocycles. The van der Waals surface area contributed by atoms with E-state index >= 15 is 4.39 Å². The number of benzene rings is 2. The molecular weight excluding hydrogens is 778 g/mol. The molecule has 4 saturated heterocycles. The smallest absolute Gasteiger partial charge is 0.288 e. The molecule has 2 aliphatic carbocycles. The van der Waals surface area contributed by atoms with E-state index in [1.165, 1.54) is 11.3 Å². The molecule has 7 heterocycles. The summed E-state index contributed by atoms with van der Waals surface area (Å²) in [5.74, 6) is -3.05. The minimum absolute atomic E-state index is 0.0130. The van der Waals surface area contributed by atoms with Crippen molar-refractivity contribution in [2.45, 2.75) is 89.4 Å². The third kappa shape index (κ3) is 5.51. The van der Waals surface area contributed by atoms with E-state index in [1.807, 2.05) is 13.0 Å². The first-order chi connectivity index (χ1) is 26.8. The Kier molecular flexibility index (Phi) is 8.50. The van der Waals surface area contributed by atoms with Gasteiger partial charge >= 0.3 is 0 Å². The van der Waals surface area contributed by atoms with Crippen LogP contribution in [0.5, 0.6) is 0 Å². The molecule has 3 aromatic heterocycles. The predicted molar refractivity (Wildman–Crippen MR) is 213 cm³/mol. The van der Waals surface area contributed by atoms with Crippen LogP contribution in [0.15, 0.2) is 30.3 Å². The number of aromatic nitrogens is 3. The van der Waals surface area contributed by atoms with E-state index in [-0.39, 0.29) is 64.6 Å². The molecule has 11 rings (SSSR count). The lowest BCUT2D eigenvalue weighted by Crippen LogP contribution is -2.45. The van der Waals surface area contributed by atoms with Crippen molar-refractivity contribution in [1.29, 1.82) is 5.26 Å². The van der Waals surface area contributed by atoms with Gasteiger partial charge in [-0.25, -0.2) is 14.4 Å². The second kappa shape index (κ2) is 13.1. The lowest BCUT2D eigenvalue weighted by Gasteiger charge is -2.40. The summed E-state index contributed by atoms with van der Waals surface area (Å²) in [5.41, 5.74) is 3.99. The molecule has 56 heavy (non-hydrogen) atoms. The molecule has 6 unspecified atom stereocenters. The van der Waals surface area contributed by atoms with Crippen LogP contribution in [0.1, 0.15) is 78.6 Å². The van der Waals surface area contributed by atoms with Crippen LogP contribution in [0, 0.1) is 48.7 Å². The number of nitriles is 1. The Labute approximate surface area is 336 Å². The number of rotatable bonds is 8. The first-order valence-corrected chi connectivity index (χ1v) is 21.0. The standard InChI is InChI=1S/C42H40Cl2F3N7OS/c1-19-27-15-31(37-24-12-25(53(37)40(55)21-9-10-21)18-52(17-24)41-51-39(20(2)56-41)42(3,46)47)54(36-23-14-30(36)49-16-23)38(27)28-13-22(6-5-11-48)32(34(45)35(28)50-19)26-7-4-8-29(43)33(26)44/h4,7-8,13,15,21,23-25,30,36-37,49H,5-6,9-10,12,14,16-18H2,1-3H3. The summed E-state index contributed by atoms with van der Waals surface area (Å²) in [6, 6.07) is 11.5. The van der Waals surface area contributed by atoms with Gasteiger partial charge in [0.25, 0.3) is 5.92 Å². The van der Waals surface area contributed by atoms with Gasteiger partial charge in [0.15, 0.2) is 10.9 Å². The number of alkyl halides is 2. The van der Waals surface area contributed by atoms with Gasteiger partial charge in [-0.1, -0.05) is 35.3 Å². The number of thiazole rings is 1. The predicted octanol–water partition coefficient (Wildman–Crippen LogP) is 9.66. The van der Waals surface area contributed by atoms with E-state index in [1.54, 1.807) is 25.1 Å². The van der Waals surface area contributed by atoms with Crippen LogP contribution < -0.4 is 10.2 Å². The zero-order chi connectivity index (χ0) is 38.9. The zero-order valence-electron chi connectivity index (χ0n) is 31.2. The van der Waals surface area contributed by atoms with E-state index in [9.17, 15) is 18.8 Å². The number of nitrogens with one attached hydrogen (secondary N) is 1. The van der Waals surface area contributed by atoms with Crippen LogP contribution >= 0.6 is 34.5 Å². The third-order valence-electron chi connectivity index (χ3n) is 13.0. The number of amides is 1. The molecule has 1 amide bonds. The molecule has 0 radical (unpaired) electrons. The highest BCUT2D eigenvalue weighted by atomic mass is 35.5. The Morgan fingerprint density at radius 3 is 2.59 bits per heavy atom. The molecule has 14 heteroatoms. The number of anilines is 1. The summed E-state index contributed by atoms with van der Waals surface area (Å²) in [4.78, 5) is 28.6. The van der Waals surface area contributed by atoms with Gasteiger partial charge in [-0.2, -0.15) is 14.0 Å². The van der Waals surface area contributed by atoms with Crippen LogP contribution in [0.3, 0.4) is 0 Å². The number of carbonyl (C=O) groups is 1. The van der Waals surface area contributed by atoms with Gasteiger partial charge in [-0.3, -0.25) is 4.79 Å². The topological polar surface area (TPSA) is 90.1 Å².